The Labute approximate surface area is 417 Å². The van der Waals surface area contributed by atoms with Gasteiger partial charge in [0, 0.05) is 17.6 Å². The van der Waals surface area contributed by atoms with Crippen LogP contribution in [0.15, 0.2) is 159 Å². The molecule has 7 rings (SSSR count). The largest absolute Gasteiger partial charge is 0.494 e. The number of unbranched alkanes of at least 4 members (excludes halogenated alkanes) is 6. The lowest BCUT2D eigenvalue weighted by Gasteiger charge is -2.30. The number of fused-ring (bicyclic) bond motifs is 3. The molecule has 10 heteroatoms. The second-order valence-corrected chi connectivity index (χ2v) is 17.5. The van der Waals surface area contributed by atoms with Crippen LogP contribution in [0.1, 0.15) is 110 Å². The van der Waals surface area contributed by atoms with Crippen LogP contribution < -0.4 is 18.9 Å². The van der Waals surface area contributed by atoms with Crippen LogP contribution in [-0.4, -0.2) is 50.3 Å². The molecule has 0 spiro atoms. The molecule has 0 radical (unpaired) electrons. The fourth-order valence-electron chi connectivity index (χ4n) is 8.96. The molecule has 366 valence electrons. The van der Waals surface area contributed by atoms with E-state index >= 15 is 0 Å². The Balaban J connectivity index is 0.907. The molecular formula is C61H62O10. The summed E-state index contributed by atoms with van der Waals surface area (Å²) in [5.41, 5.74) is 9.98. The minimum absolute atomic E-state index is 0.183. The maximum absolute atomic E-state index is 13.1. The zero-order chi connectivity index (χ0) is 50.0. The molecule has 6 aromatic rings. The summed E-state index contributed by atoms with van der Waals surface area (Å²) >= 11 is 0. The predicted octanol–water partition coefficient (Wildman–Crippen LogP) is 13.9. The molecule has 0 bridgehead atoms. The summed E-state index contributed by atoms with van der Waals surface area (Å²) in [6, 6.07) is 42.6. The first-order valence-corrected chi connectivity index (χ1v) is 24.6. The lowest BCUT2D eigenvalue weighted by Crippen LogP contribution is -2.23. The third-order valence-corrected chi connectivity index (χ3v) is 13.0. The Bertz CT molecular complexity index is 2580. The molecule has 0 saturated heterocycles. The minimum atomic E-state index is -0.445. The van der Waals surface area contributed by atoms with Gasteiger partial charge in [0.2, 0.25) is 0 Å². The highest BCUT2D eigenvalue weighted by atomic mass is 16.5. The highest BCUT2D eigenvalue weighted by Gasteiger charge is 2.41. The highest BCUT2D eigenvalue weighted by Crippen LogP contribution is 2.54. The van der Waals surface area contributed by atoms with Crippen LogP contribution in [-0.2, 0) is 24.5 Å². The van der Waals surface area contributed by atoms with Crippen LogP contribution in [0.4, 0.5) is 0 Å². The molecule has 0 heterocycles. The van der Waals surface area contributed by atoms with Crippen LogP contribution in [0.3, 0.4) is 0 Å². The summed E-state index contributed by atoms with van der Waals surface area (Å²) in [4.78, 5) is 48.4. The molecule has 0 aromatic heterocycles. The van der Waals surface area contributed by atoms with Gasteiger partial charge in [0.25, 0.3) is 0 Å². The van der Waals surface area contributed by atoms with Crippen molar-refractivity contribution in [2.24, 2.45) is 0 Å². The van der Waals surface area contributed by atoms with Crippen molar-refractivity contribution < 1.29 is 47.6 Å². The maximum Gasteiger partial charge on any atom is 0.343 e. The van der Waals surface area contributed by atoms with Gasteiger partial charge in [0.05, 0.1) is 37.6 Å². The minimum Gasteiger partial charge on any atom is -0.494 e. The summed E-state index contributed by atoms with van der Waals surface area (Å²) < 4.78 is 33.2. The van der Waals surface area contributed by atoms with Gasteiger partial charge in [-0.05, 0) is 194 Å². The van der Waals surface area contributed by atoms with Gasteiger partial charge in [-0.15, -0.1) is 0 Å². The molecule has 0 atom stereocenters. The number of hydrogen-bond donors (Lipinski definition) is 0. The average Bonchev–Trinajstić information content (AvgIpc) is 3.69. The Kier molecular flexibility index (Phi) is 18.2. The molecule has 0 fully saturated rings. The van der Waals surface area contributed by atoms with Crippen LogP contribution in [0, 0.1) is 0 Å². The van der Waals surface area contributed by atoms with Crippen molar-refractivity contribution in [2.45, 2.75) is 83.5 Å². The van der Waals surface area contributed by atoms with Crippen molar-refractivity contribution in [3.8, 4) is 56.4 Å². The molecule has 0 N–H and O–H groups in total. The second kappa shape index (κ2) is 25.2. The Hall–Kier alpha value is -7.72. The maximum atomic E-state index is 13.1. The van der Waals surface area contributed by atoms with Crippen molar-refractivity contribution in [2.75, 3.05) is 26.4 Å². The monoisotopic (exact) mass is 954 g/mol. The van der Waals surface area contributed by atoms with E-state index in [4.69, 9.17) is 28.4 Å². The SMILES string of the molecule is C=CC(=O)OCCCCCCOc1ccc(C(=O)Oc2ccc(-c3ccc4c(c3)C(CC)(CC)c3cc(-c5ccc(OC(=O)c6ccc(OCCCCCCOC(=O)C=C)cc6)cc5)ccc3-4)cc2)cc1. The van der Waals surface area contributed by atoms with Gasteiger partial charge in [-0.25, -0.2) is 19.2 Å². The van der Waals surface area contributed by atoms with Crippen LogP contribution >= 0.6 is 0 Å². The van der Waals surface area contributed by atoms with E-state index in [0.717, 1.165) is 86.5 Å². The van der Waals surface area contributed by atoms with Crippen molar-refractivity contribution >= 4 is 23.9 Å². The summed E-state index contributed by atoms with van der Waals surface area (Å²) in [5.74, 6) is 0.597. The van der Waals surface area contributed by atoms with Gasteiger partial charge >= 0.3 is 23.9 Å². The standard InChI is InChI=1S/C61H62O10/c1-5-57(62)68-39-15-11-9-13-37-66-49-27-21-45(22-28-49)59(64)70-51-31-17-43(18-32-51)47-25-35-53-54-36-26-48(42-56(54)61(7-3,8-4)55(53)41-47)44-19-33-52(34-20-44)71-60(65)46-23-29-50(30-24-46)67-38-14-10-12-16-40-69-58(63)6-2/h5-6,17-36,41-42H,1-2,7-16,37-40H2,3-4H3. The Morgan fingerprint density at radius 3 is 1.11 bits per heavy atom. The third kappa shape index (κ3) is 13.3. The first kappa shape index (κ1) is 51.1. The first-order chi connectivity index (χ1) is 34.6. The zero-order valence-corrected chi connectivity index (χ0v) is 40.8. The summed E-state index contributed by atoms with van der Waals surface area (Å²) in [6.45, 7) is 13.2. The topological polar surface area (TPSA) is 124 Å². The molecule has 0 aliphatic heterocycles. The average molecular weight is 955 g/mol. The molecule has 10 nitrogen and oxygen atoms in total. The van der Waals surface area contributed by atoms with Gasteiger partial charge in [-0.3, -0.25) is 0 Å². The van der Waals surface area contributed by atoms with Crippen LogP contribution in [0.25, 0.3) is 33.4 Å². The third-order valence-electron chi connectivity index (χ3n) is 13.0. The quantitative estimate of drug-likeness (QED) is 0.0225. The van der Waals surface area contributed by atoms with Gasteiger partial charge in [-0.2, -0.15) is 0 Å². The van der Waals surface area contributed by atoms with E-state index in [0.29, 0.717) is 60.6 Å². The van der Waals surface area contributed by atoms with Crippen LogP contribution in [0.2, 0.25) is 0 Å². The van der Waals surface area contributed by atoms with Crippen molar-refractivity contribution in [1.82, 2.24) is 0 Å². The van der Waals surface area contributed by atoms with E-state index in [1.54, 1.807) is 48.5 Å². The van der Waals surface area contributed by atoms with E-state index in [1.165, 1.54) is 34.4 Å². The number of rotatable bonds is 26. The first-order valence-electron chi connectivity index (χ1n) is 24.6. The second-order valence-electron chi connectivity index (χ2n) is 17.5. The van der Waals surface area contributed by atoms with E-state index in [2.05, 4.69) is 63.4 Å². The van der Waals surface area contributed by atoms with Gasteiger partial charge in [0.1, 0.15) is 23.0 Å². The lowest BCUT2D eigenvalue weighted by molar-refractivity contribution is -0.138. The zero-order valence-electron chi connectivity index (χ0n) is 40.8. The molecule has 1 aliphatic carbocycles. The number of ether oxygens (including phenoxy) is 6. The van der Waals surface area contributed by atoms with Gasteiger partial charge < -0.3 is 28.4 Å². The number of benzene rings is 6. The van der Waals surface area contributed by atoms with Gasteiger partial charge in [-0.1, -0.05) is 75.5 Å². The molecular weight excluding hydrogens is 893 g/mol. The smallest absolute Gasteiger partial charge is 0.343 e. The Morgan fingerprint density at radius 1 is 0.423 bits per heavy atom. The number of hydrogen-bond acceptors (Lipinski definition) is 10. The normalized spacial score (nSPS) is 11.9. The van der Waals surface area contributed by atoms with E-state index < -0.39 is 23.9 Å². The van der Waals surface area contributed by atoms with Crippen LogP contribution in [0.5, 0.6) is 23.0 Å². The Morgan fingerprint density at radius 2 is 0.761 bits per heavy atom. The molecule has 0 unspecified atom stereocenters. The highest BCUT2D eigenvalue weighted by molar-refractivity contribution is 5.92. The lowest BCUT2D eigenvalue weighted by atomic mass is 9.73. The number of esters is 4. The summed E-state index contributed by atoms with van der Waals surface area (Å²) in [5, 5.41) is 0. The van der Waals surface area contributed by atoms with Gasteiger partial charge in [0.15, 0.2) is 0 Å². The van der Waals surface area contributed by atoms with E-state index in [9.17, 15) is 19.2 Å². The molecule has 0 saturated carbocycles. The number of carbonyl (C=O) groups excluding carboxylic acids is 4. The fraction of sp³-hybridized carbons (Fsp3) is 0.279. The van der Waals surface area contributed by atoms with Crippen molar-refractivity contribution in [1.29, 1.82) is 0 Å². The molecule has 6 aromatic carbocycles. The predicted molar refractivity (Wildman–Crippen MR) is 277 cm³/mol. The van der Waals surface area contributed by atoms with E-state index in [1.807, 2.05) is 48.5 Å². The molecule has 0 amide bonds. The fourth-order valence-corrected chi connectivity index (χ4v) is 8.96. The molecule has 1 aliphatic rings. The van der Waals surface area contributed by atoms with E-state index in [-0.39, 0.29) is 5.41 Å². The van der Waals surface area contributed by atoms with Crippen molar-refractivity contribution in [3.05, 3.63) is 181 Å². The molecule has 71 heavy (non-hydrogen) atoms. The number of carbonyl (C=O) groups is 4. The summed E-state index contributed by atoms with van der Waals surface area (Å²) in [6.07, 6.45) is 11.3. The summed E-state index contributed by atoms with van der Waals surface area (Å²) in [7, 11) is 0. The van der Waals surface area contributed by atoms with Crippen molar-refractivity contribution in [3.63, 3.8) is 0 Å².